The van der Waals surface area contributed by atoms with Gasteiger partial charge in [-0.25, -0.2) is 9.59 Å². The SMILES string of the molecule is COC(=O)/C=C(/Nc1ccc(-c2nc(-c3ccccc3)no2)cc1)C(=O)OC. The zero-order chi connectivity index (χ0) is 19.9. The maximum atomic E-state index is 11.8. The highest BCUT2D eigenvalue weighted by Gasteiger charge is 2.14. The topological polar surface area (TPSA) is 104 Å². The van der Waals surface area contributed by atoms with E-state index in [-0.39, 0.29) is 5.70 Å². The van der Waals surface area contributed by atoms with Gasteiger partial charge in [-0.2, -0.15) is 4.98 Å². The minimum absolute atomic E-state index is 0.0498. The normalized spacial score (nSPS) is 11.0. The van der Waals surface area contributed by atoms with Crippen LogP contribution in [-0.4, -0.2) is 36.3 Å². The monoisotopic (exact) mass is 379 g/mol. The summed E-state index contributed by atoms with van der Waals surface area (Å²) in [5, 5.41) is 6.81. The first-order valence-electron chi connectivity index (χ1n) is 8.25. The second kappa shape index (κ2) is 8.63. The van der Waals surface area contributed by atoms with Gasteiger partial charge in [0.05, 0.1) is 20.3 Å². The number of ether oxygens (including phenoxy) is 2. The number of nitrogens with one attached hydrogen (secondary N) is 1. The molecule has 3 aromatic rings. The summed E-state index contributed by atoms with van der Waals surface area (Å²) in [6, 6.07) is 16.4. The Balaban J connectivity index is 1.78. The molecule has 0 saturated carbocycles. The van der Waals surface area contributed by atoms with Crippen LogP contribution in [0.25, 0.3) is 22.8 Å². The van der Waals surface area contributed by atoms with Crippen LogP contribution in [0.2, 0.25) is 0 Å². The number of hydrogen-bond acceptors (Lipinski definition) is 8. The lowest BCUT2D eigenvalue weighted by molar-refractivity contribution is -0.138. The van der Waals surface area contributed by atoms with Gasteiger partial charge < -0.3 is 19.3 Å². The summed E-state index contributed by atoms with van der Waals surface area (Å²) < 4.78 is 14.5. The van der Waals surface area contributed by atoms with Crippen molar-refractivity contribution in [3.05, 3.63) is 66.4 Å². The lowest BCUT2D eigenvalue weighted by atomic mass is 10.2. The third kappa shape index (κ3) is 4.42. The number of hydrogen-bond donors (Lipinski definition) is 1. The summed E-state index contributed by atoms with van der Waals surface area (Å²) in [7, 11) is 2.44. The van der Waals surface area contributed by atoms with Crippen molar-refractivity contribution >= 4 is 17.6 Å². The molecule has 3 rings (SSSR count). The van der Waals surface area contributed by atoms with E-state index in [9.17, 15) is 9.59 Å². The Hall–Kier alpha value is -3.94. The van der Waals surface area contributed by atoms with Gasteiger partial charge in [0.1, 0.15) is 5.70 Å². The smallest absolute Gasteiger partial charge is 0.354 e. The van der Waals surface area contributed by atoms with E-state index < -0.39 is 11.9 Å². The Kier molecular flexibility index (Phi) is 5.81. The Morgan fingerprint density at radius 3 is 2.32 bits per heavy atom. The quantitative estimate of drug-likeness (QED) is 0.515. The van der Waals surface area contributed by atoms with Gasteiger partial charge in [0, 0.05) is 16.8 Å². The number of nitrogens with zero attached hydrogens (tertiary/aromatic N) is 2. The molecule has 142 valence electrons. The van der Waals surface area contributed by atoms with E-state index in [1.165, 1.54) is 14.2 Å². The molecule has 0 aliphatic heterocycles. The van der Waals surface area contributed by atoms with Crippen molar-refractivity contribution in [1.82, 2.24) is 10.1 Å². The van der Waals surface area contributed by atoms with Crippen LogP contribution in [0.1, 0.15) is 0 Å². The fourth-order valence-corrected chi connectivity index (χ4v) is 2.33. The largest absolute Gasteiger partial charge is 0.466 e. The van der Waals surface area contributed by atoms with E-state index in [1.807, 2.05) is 30.3 Å². The Morgan fingerprint density at radius 2 is 1.68 bits per heavy atom. The summed E-state index contributed by atoms with van der Waals surface area (Å²) >= 11 is 0. The third-order valence-corrected chi connectivity index (χ3v) is 3.74. The Morgan fingerprint density at radius 1 is 0.964 bits per heavy atom. The van der Waals surface area contributed by atoms with Crippen LogP contribution >= 0.6 is 0 Å². The third-order valence-electron chi connectivity index (χ3n) is 3.74. The number of methoxy groups -OCH3 is 2. The van der Waals surface area contributed by atoms with E-state index in [0.717, 1.165) is 11.6 Å². The van der Waals surface area contributed by atoms with E-state index >= 15 is 0 Å². The van der Waals surface area contributed by atoms with Crippen LogP contribution < -0.4 is 5.32 Å². The zero-order valence-corrected chi connectivity index (χ0v) is 15.2. The first-order valence-corrected chi connectivity index (χ1v) is 8.25. The van der Waals surface area contributed by atoms with Crippen LogP contribution in [0, 0.1) is 0 Å². The predicted octanol–water partition coefficient (Wildman–Crippen LogP) is 3.05. The Bertz CT molecular complexity index is 994. The van der Waals surface area contributed by atoms with Gasteiger partial charge in [-0.15, -0.1) is 0 Å². The molecule has 0 bridgehead atoms. The molecule has 0 amide bonds. The van der Waals surface area contributed by atoms with Gasteiger partial charge in [-0.3, -0.25) is 0 Å². The van der Waals surface area contributed by atoms with Crippen molar-refractivity contribution in [2.45, 2.75) is 0 Å². The van der Waals surface area contributed by atoms with E-state index in [0.29, 0.717) is 23.0 Å². The van der Waals surface area contributed by atoms with Crippen molar-refractivity contribution in [3.63, 3.8) is 0 Å². The van der Waals surface area contributed by atoms with Gasteiger partial charge in [0.2, 0.25) is 5.82 Å². The summed E-state index contributed by atoms with van der Waals surface area (Å²) in [5.41, 5.74) is 2.07. The van der Waals surface area contributed by atoms with Crippen molar-refractivity contribution in [1.29, 1.82) is 0 Å². The Labute approximate surface area is 160 Å². The van der Waals surface area contributed by atoms with E-state index in [1.54, 1.807) is 24.3 Å². The average Bonchev–Trinajstić information content (AvgIpc) is 3.24. The molecule has 8 heteroatoms. The molecule has 0 radical (unpaired) electrons. The molecule has 8 nitrogen and oxygen atoms in total. The van der Waals surface area contributed by atoms with Gasteiger partial charge in [-0.1, -0.05) is 35.5 Å². The van der Waals surface area contributed by atoms with E-state index in [2.05, 4.69) is 24.9 Å². The number of rotatable bonds is 6. The number of carbonyl (C=O) groups excluding carboxylic acids is 2. The maximum absolute atomic E-state index is 11.8. The second-order valence-corrected chi connectivity index (χ2v) is 5.56. The molecule has 0 aliphatic rings. The fourth-order valence-electron chi connectivity index (χ4n) is 2.33. The molecular weight excluding hydrogens is 362 g/mol. The minimum Gasteiger partial charge on any atom is -0.466 e. The molecule has 1 N–H and O–H groups in total. The number of benzene rings is 2. The highest BCUT2D eigenvalue weighted by molar-refractivity contribution is 5.98. The van der Waals surface area contributed by atoms with Gasteiger partial charge in [-0.05, 0) is 24.3 Å². The van der Waals surface area contributed by atoms with Crippen LogP contribution in [0.4, 0.5) is 5.69 Å². The summed E-state index contributed by atoms with van der Waals surface area (Å²) in [5.74, 6) is -0.516. The molecular formula is C20H17N3O5. The first kappa shape index (κ1) is 18.8. The molecule has 0 aliphatic carbocycles. The summed E-state index contributed by atoms with van der Waals surface area (Å²) in [4.78, 5) is 27.6. The molecule has 0 unspecified atom stereocenters. The number of esters is 2. The first-order chi connectivity index (χ1) is 13.6. The molecule has 0 saturated heterocycles. The zero-order valence-electron chi connectivity index (χ0n) is 15.2. The van der Waals surface area contributed by atoms with Gasteiger partial charge in [0.25, 0.3) is 5.89 Å². The van der Waals surface area contributed by atoms with Gasteiger partial charge >= 0.3 is 11.9 Å². The predicted molar refractivity (Wildman–Crippen MR) is 101 cm³/mol. The lowest BCUT2D eigenvalue weighted by Crippen LogP contribution is -2.15. The standard InChI is InChI=1S/C20H17N3O5/c1-26-17(24)12-16(20(25)27-2)21-15-10-8-14(9-11-15)19-22-18(23-28-19)13-6-4-3-5-7-13/h3-12,21H,1-2H3/b16-12+. The van der Waals surface area contributed by atoms with Crippen molar-refractivity contribution < 1.29 is 23.6 Å². The molecule has 0 atom stereocenters. The number of carbonyl (C=O) groups is 2. The van der Waals surface area contributed by atoms with Crippen molar-refractivity contribution in [2.75, 3.05) is 19.5 Å². The summed E-state index contributed by atoms with van der Waals surface area (Å²) in [6.07, 6.45) is 1.02. The van der Waals surface area contributed by atoms with Crippen LogP contribution in [0.3, 0.4) is 0 Å². The molecule has 1 heterocycles. The molecule has 2 aromatic carbocycles. The van der Waals surface area contributed by atoms with Crippen molar-refractivity contribution in [2.24, 2.45) is 0 Å². The molecule has 1 aromatic heterocycles. The molecule has 0 spiro atoms. The highest BCUT2D eigenvalue weighted by Crippen LogP contribution is 2.24. The molecule has 28 heavy (non-hydrogen) atoms. The molecule has 0 fully saturated rings. The second-order valence-electron chi connectivity index (χ2n) is 5.56. The number of anilines is 1. The van der Waals surface area contributed by atoms with Crippen LogP contribution in [0.5, 0.6) is 0 Å². The number of aromatic nitrogens is 2. The van der Waals surface area contributed by atoms with Crippen LogP contribution in [-0.2, 0) is 19.1 Å². The minimum atomic E-state index is -0.695. The average molecular weight is 379 g/mol. The van der Waals surface area contributed by atoms with E-state index in [4.69, 9.17) is 4.52 Å². The lowest BCUT2D eigenvalue weighted by Gasteiger charge is -2.09. The van der Waals surface area contributed by atoms with Crippen LogP contribution in [0.15, 0.2) is 70.9 Å². The maximum Gasteiger partial charge on any atom is 0.354 e. The fraction of sp³-hybridized carbons (Fsp3) is 0.100. The van der Waals surface area contributed by atoms with Crippen molar-refractivity contribution in [3.8, 4) is 22.8 Å². The summed E-state index contributed by atoms with van der Waals surface area (Å²) in [6.45, 7) is 0. The highest BCUT2D eigenvalue weighted by atomic mass is 16.5. The van der Waals surface area contributed by atoms with Gasteiger partial charge in [0.15, 0.2) is 0 Å².